The highest BCUT2D eigenvalue weighted by Gasteiger charge is 2.25. The van der Waals surface area contributed by atoms with E-state index in [0.29, 0.717) is 5.69 Å². The van der Waals surface area contributed by atoms with Gasteiger partial charge in [0.05, 0.1) is 0 Å². The Morgan fingerprint density at radius 3 is 2.36 bits per heavy atom. The maximum absolute atomic E-state index is 12.0. The molecule has 1 aromatic carbocycles. The molecule has 0 aliphatic rings. The number of nitrogens with one attached hydrogen (secondary N) is 3. The van der Waals surface area contributed by atoms with Crippen LogP contribution in [0.2, 0.25) is 0 Å². The zero-order chi connectivity index (χ0) is 16.8. The molecule has 0 unspecified atom stereocenters. The second-order valence-electron chi connectivity index (χ2n) is 5.61. The van der Waals surface area contributed by atoms with Gasteiger partial charge >= 0.3 is 6.03 Å². The molecule has 5 N–H and O–H groups in total. The van der Waals surface area contributed by atoms with E-state index in [1.165, 1.54) is 0 Å². The largest absolute Gasteiger partial charge is 0.350 e. The summed E-state index contributed by atoms with van der Waals surface area (Å²) >= 11 is 3.33. The Labute approximate surface area is 137 Å². The summed E-state index contributed by atoms with van der Waals surface area (Å²) in [5.74, 6) is -0.613. The number of carbonyl (C=O) groups is 3. The summed E-state index contributed by atoms with van der Waals surface area (Å²) in [6.07, 6.45) is 0.225. The standard InChI is InChI=1S/C14H19BrN4O3/c1-14(2,8-12(21)18-19-13(16)22)7-11(20)17-10-5-3-4-9(15)6-10/h3-6H,7-8H2,1-2H3,(H,17,20)(H,18,21)(H3,16,19,22). The molecule has 0 spiro atoms. The summed E-state index contributed by atoms with van der Waals surface area (Å²) in [4.78, 5) is 34.2. The van der Waals surface area contributed by atoms with Crippen LogP contribution < -0.4 is 21.9 Å². The van der Waals surface area contributed by atoms with Crippen LogP contribution in [-0.4, -0.2) is 17.8 Å². The summed E-state index contributed by atoms with van der Waals surface area (Å²) in [7, 11) is 0. The molecule has 8 heteroatoms. The van der Waals surface area contributed by atoms with Crippen molar-refractivity contribution in [2.24, 2.45) is 11.1 Å². The number of benzene rings is 1. The maximum atomic E-state index is 12.0. The first kappa shape index (κ1) is 18.0. The normalized spacial score (nSPS) is 10.7. The Balaban J connectivity index is 2.50. The van der Waals surface area contributed by atoms with E-state index < -0.39 is 17.4 Å². The first-order chi connectivity index (χ1) is 10.2. The van der Waals surface area contributed by atoms with Crippen molar-refractivity contribution in [1.29, 1.82) is 0 Å². The molecule has 0 fully saturated rings. The summed E-state index contributed by atoms with van der Waals surface area (Å²) in [6, 6.07) is 6.38. The molecule has 1 aromatic rings. The van der Waals surface area contributed by atoms with Crippen LogP contribution in [0.25, 0.3) is 0 Å². The SMILES string of the molecule is CC(C)(CC(=O)NNC(N)=O)CC(=O)Nc1cccc(Br)c1. The predicted molar refractivity (Wildman–Crippen MR) is 86.6 cm³/mol. The van der Waals surface area contributed by atoms with Crippen molar-refractivity contribution in [3.63, 3.8) is 0 Å². The third-order valence-electron chi connectivity index (χ3n) is 2.71. The Morgan fingerprint density at radius 2 is 1.77 bits per heavy atom. The van der Waals surface area contributed by atoms with Gasteiger partial charge in [0.2, 0.25) is 11.8 Å². The van der Waals surface area contributed by atoms with Gasteiger partial charge < -0.3 is 11.1 Å². The highest BCUT2D eigenvalue weighted by atomic mass is 79.9. The first-order valence-electron chi connectivity index (χ1n) is 6.58. The molecule has 0 bridgehead atoms. The second kappa shape index (κ2) is 7.79. The van der Waals surface area contributed by atoms with Crippen molar-refractivity contribution in [2.45, 2.75) is 26.7 Å². The van der Waals surface area contributed by atoms with Gasteiger partial charge in [0.25, 0.3) is 0 Å². The fourth-order valence-corrected chi connectivity index (χ4v) is 2.28. The molecule has 7 nitrogen and oxygen atoms in total. The lowest BCUT2D eigenvalue weighted by Gasteiger charge is -2.23. The van der Waals surface area contributed by atoms with Gasteiger partial charge in [-0.3, -0.25) is 15.0 Å². The Morgan fingerprint density at radius 1 is 1.14 bits per heavy atom. The fraction of sp³-hybridized carbons (Fsp3) is 0.357. The number of hydrogen-bond acceptors (Lipinski definition) is 3. The molecule has 0 heterocycles. The van der Waals surface area contributed by atoms with Crippen molar-refractivity contribution >= 4 is 39.5 Å². The van der Waals surface area contributed by atoms with Crippen LogP contribution in [0.5, 0.6) is 0 Å². The second-order valence-corrected chi connectivity index (χ2v) is 6.53. The average molecular weight is 371 g/mol. The van der Waals surface area contributed by atoms with E-state index in [9.17, 15) is 14.4 Å². The molecule has 0 radical (unpaired) electrons. The zero-order valence-electron chi connectivity index (χ0n) is 12.4. The first-order valence-corrected chi connectivity index (χ1v) is 7.37. The topological polar surface area (TPSA) is 113 Å². The molecular weight excluding hydrogens is 352 g/mol. The molecule has 0 aromatic heterocycles. The predicted octanol–water partition coefficient (Wildman–Crippen LogP) is 1.89. The number of rotatable bonds is 5. The summed E-state index contributed by atoms with van der Waals surface area (Å²) in [5, 5.41) is 2.77. The van der Waals surface area contributed by atoms with E-state index in [4.69, 9.17) is 5.73 Å². The van der Waals surface area contributed by atoms with E-state index in [2.05, 4.69) is 26.7 Å². The van der Waals surface area contributed by atoms with Crippen LogP contribution in [0.3, 0.4) is 0 Å². The van der Waals surface area contributed by atoms with Gasteiger partial charge in [-0.2, -0.15) is 0 Å². The minimum Gasteiger partial charge on any atom is -0.350 e. The molecule has 0 saturated carbocycles. The molecule has 120 valence electrons. The van der Waals surface area contributed by atoms with Crippen LogP contribution >= 0.6 is 15.9 Å². The van der Waals surface area contributed by atoms with Gasteiger partial charge in [-0.15, -0.1) is 0 Å². The molecule has 1 rings (SSSR count). The van der Waals surface area contributed by atoms with E-state index in [1.54, 1.807) is 26.0 Å². The van der Waals surface area contributed by atoms with E-state index in [0.717, 1.165) is 4.47 Å². The highest BCUT2D eigenvalue weighted by molar-refractivity contribution is 9.10. The van der Waals surface area contributed by atoms with E-state index >= 15 is 0 Å². The third-order valence-corrected chi connectivity index (χ3v) is 3.20. The van der Waals surface area contributed by atoms with E-state index in [1.807, 2.05) is 17.6 Å². The van der Waals surface area contributed by atoms with Crippen molar-refractivity contribution in [3.05, 3.63) is 28.7 Å². The van der Waals surface area contributed by atoms with Crippen molar-refractivity contribution in [2.75, 3.05) is 5.32 Å². The number of amides is 4. The van der Waals surface area contributed by atoms with Crippen LogP contribution in [-0.2, 0) is 9.59 Å². The van der Waals surface area contributed by atoms with Crippen molar-refractivity contribution in [3.8, 4) is 0 Å². The molecule has 22 heavy (non-hydrogen) atoms. The fourth-order valence-electron chi connectivity index (χ4n) is 1.88. The number of anilines is 1. The number of carbonyl (C=O) groups excluding carboxylic acids is 3. The van der Waals surface area contributed by atoms with Crippen molar-refractivity contribution < 1.29 is 14.4 Å². The quantitative estimate of drug-likeness (QED) is 0.593. The Bertz CT molecular complexity index is 575. The van der Waals surface area contributed by atoms with Crippen LogP contribution in [0, 0.1) is 5.41 Å². The lowest BCUT2D eigenvalue weighted by atomic mass is 9.85. The zero-order valence-corrected chi connectivity index (χ0v) is 14.0. The van der Waals surface area contributed by atoms with Crippen LogP contribution in [0.1, 0.15) is 26.7 Å². The van der Waals surface area contributed by atoms with Crippen molar-refractivity contribution in [1.82, 2.24) is 10.9 Å². The molecule has 4 amide bonds. The molecule has 0 aliphatic carbocycles. The number of hydrogen-bond donors (Lipinski definition) is 4. The number of hydrazine groups is 1. The van der Waals surface area contributed by atoms with Crippen LogP contribution in [0.4, 0.5) is 10.5 Å². The van der Waals surface area contributed by atoms with Crippen LogP contribution in [0.15, 0.2) is 28.7 Å². The molecule has 0 aliphatic heterocycles. The summed E-state index contributed by atoms with van der Waals surface area (Å²) in [6.45, 7) is 3.58. The lowest BCUT2D eigenvalue weighted by Crippen LogP contribution is -2.45. The molecule has 0 atom stereocenters. The van der Waals surface area contributed by atoms with E-state index in [-0.39, 0.29) is 18.7 Å². The Hall–Kier alpha value is -2.09. The third kappa shape index (κ3) is 7.07. The minimum absolute atomic E-state index is 0.0686. The van der Waals surface area contributed by atoms with Gasteiger partial charge in [-0.1, -0.05) is 35.8 Å². The van der Waals surface area contributed by atoms with Gasteiger partial charge in [0, 0.05) is 23.0 Å². The number of nitrogens with two attached hydrogens (primary N) is 1. The molecule has 0 saturated heterocycles. The monoisotopic (exact) mass is 370 g/mol. The van der Waals surface area contributed by atoms with Gasteiger partial charge in [0.15, 0.2) is 0 Å². The lowest BCUT2D eigenvalue weighted by molar-refractivity contribution is -0.124. The maximum Gasteiger partial charge on any atom is 0.330 e. The molecular formula is C14H19BrN4O3. The average Bonchev–Trinajstić information content (AvgIpc) is 2.34. The van der Waals surface area contributed by atoms with Gasteiger partial charge in [-0.25, -0.2) is 10.2 Å². The van der Waals surface area contributed by atoms with Gasteiger partial charge in [0.1, 0.15) is 0 Å². The highest BCUT2D eigenvalue weighted by Crippen LogP contribution is 2.26. The Kier molecular flexibility index (Phi) is 6.36. The summed E-state index contributed by atoms with van der Waals surface area (Å²) < 4.78 is 0.862. The van der Waals surface area contributed by atoms with Gasteiger partial charge in [-0.05, 0) is 23.6 Å². The smallest absolute Gasteiger partial charge is 0.330 e. The number of primary amides is 1. The summed E-state index contributed by atoms with van der Waals surface area (Å²) in [5.41, 5.74) is 9.12. The number of urea groups is 1. The minimum atomic E-state index is -0.849. The number of halogens is 1.